The first-order chi connectivity index (χ1) is 15.5. The van der Waals surface area contributed by atoms with Crippen LogP contribution in [0.4, 0.5) is 16.2 Å². The maximum absolute atomic E-state index is 12.7. The highest BCUT2D eigenvalue weighted by Crippen LogP contribution is 2.21. The van der Waals surface area contributed by atoms with Crippen molar-refractivity contribution in [3.63, 3.8) is 0 Å². The third-order valence-corrected chi connectivity index (χ3v) is 5.19. The van der Waals surface area contributed by atoms with Gasteiger partial charge in [-0.2, -0.15) is 0 Å². The van der Waals surface area contributed by atoms with Crippen LogP contribution in [0.2, 0.25) is 0 Å². The second-order valence-electron chi connectivity index (χ2n) is 7.39. The summed E-state index contributed by atoms with van der Waals surface area (Å²) in [5.41, 5.74) is 1.54. The molecule has 0 unspecified atom stereocenters. The number of anilines is 2. The third-order valence-electron chi connectivity index (χ3n) is 5.19. The number of nitrogens with zero attached hydrogens (tertiary/aromatic N) is 1. The van der Waals surface area contributed by atoms with Crippen molar-refractivity contribution in [3.05, 3.63) is 60.2 Å². The molecule has 168 valence electrons. The molecule has 1 fully saturated rings. The molecule has 4 amide bonds. The molecular weight excluding hydrogens is 412 g/mol. The van der Waals surface area contributed by atoms with E-state index in [1.54, 1.807) is 29.2 Å². The Bertz CT molecular complexity index is 971. The second-order valence-corrected chi connectivity index (χ2v) is 7.39. The monoisotopic (exact) mass is 438 g/mol. The normalized spacial score (nSPS) is 13.7. The summed E-state index contributed by atoms with van der Waals surface area (Å²) in [7, 11) is 1.24. The molecule has 2 aromatic rings. The maximum Gasteiger partial charge on any atom is 0.325 e. The van der Waals surface area contributed by atoms with Gasteiger partial charge in [-0.1, -0.05) is 24.3 Å². The number of likely N-dealkylation sites (tertiary alicyclic amines) is 1. The predicted molar refractivity (Wildman–Crippen MR) is 119 cm³/mol. The molecule has 0 aromatic heterocycles. The molecule has 1 aliphatic heterocycles. The molecule has 1 aliphatic rings. The summed E-state index contributed by atoms with van der Waals surface area (Å²) in [6, 6.07) is 15.5. The van der Waals surface area contributed by atoms with Crippen molar-refractivity contribution in [2.45, 2.75) is 12.8 Å². The Hall–Kier alpha value is -3.88. The van der Waals surface area contributed by atoms with Crippen molar-refractivity contribution in [2.75, 3.05) is 37.4 Å². The minimum absolute atomic E-state index is 0.153. The van der Waals surface area contributed by atoms with E-state index in [1.807, 2.05) is 30.3 Å². The zero-order valence-corrected chi connectivity index (χ0v) is 17.8. The molecule has 2 aromatic carbocycles. The summed E-state index contributed by atoms with van der Waals surface area (Å²) in [6.07, 6.45) is 1.10. The van der Waals surface area contributed by atoms with Gasteiger partial charge in [0.1, 0.15) is 6.54 Å². The molecule has 0 radical (unpaired) electrons. The fraction of sp³-hybridized carbons (Fsp3) is 0.304. The van der Waals surface area contributed by atoms with E-state index >= 15 is 0 Å². The molecule has 0 spiro atoms. The fourth-order valence-electron chi connectivity index (χ4n) is 3.38. The molecular formula is C23H26N4O5. The fourth-order valence-corrected chi connectivity index (χ4v) is 3.38. The van der Waals surface area contributed by atoms with Gasteiger partial charge in [0.05, 0.1) is 7.11 Å². The van der Waals surface area contributed by atoms with Crippen molar-refractivity contribution in [1.29, 1.82) is 0 Å². The number of hydrogen-bond donors (Lipinski definition) is 3. The van der Waals surface area contributed by atoms with Gasteiger partial charge in [0.15, 0.2) is 0 Å². The number of ether oxygens (including phenoxy) is 1. The largest absolute Gasteiger partial charge is 0.468 e. The highest BCUT2D eigenvalue weighted by Gasteiger charge is 2.27. The van der Waals surface area contributed by atoms with E-state index in [2.05, 4.69) is 20.7 Å². The van der Waals surface area contributed by atoms with Gasteiger partial charge in [0.2, 0.25) is 5.91 Å². The highest BCUT2D eigenvalue weighted by molar-refractivity contribution is 5.98. The van der Waals surface area contributed by atoms with Gasteiger partial charge in [-0.15, -0.1) is 0 Å². The van der Waals surface area contributed by atoms with Crippen molar-refractivity contribution < 1.29 is 23.9 Å². The number of methoxy groups -OCH3 is 1. The zero-order valence-electron chi connectivity index (χ0n) is 17.8. The second kappa shape index (κ2) is 10.9. The number of piperidine rings is 1. The molecule has 3 rings (SSSR count). The van der Waals surface area contributed by atoms with Crippen LogP contribution in [-0.4, -0.2) is 55.5 Å². The summed E-state index contributed by atoms with van der Waals surface area (Å²) >= 11 is 0. The predicted octanol–water partition coefficient (Wildman–Crippen LogP) is 2.47. The number of amides is 4. The van der Waals surface area contributed by atoms with Gasteiger partial charge in [0.25, 0.3) is 5.91 Å². The number of nitrogens with one attached hydrogen (secondary N) is 3. The van der Waals surface area contributed by atoms with Crippen molar-refractivity contribution in [3.8, 4) is 0 Å². The Morgan fingerprint density at radius 1 is 0.938 bits per heavy atom. The first kappa shape index (κ1) is 22.8. The molecule has 1 saturated heterocycles. The first-order valence-electron chi connectivity index (χ1n) is 10.3. The molecule has 9 nitrogen and oxygen atoms in total. The van der Waals surface area contributed by atoms with E-state index in [0.29, 0.717) is 37.2 Å². The lowest BCUT2D eigenvalue weighted by Gasteiger charge is -2.31. The van der Waals surface area contributed by atoms with Crippen LogP contribution >= 0.6 is 0 Å². The standard InChI is InChI=1S/C23H26N4O5/c1-32-20(28)15-24-21(29)17-6-5-9-19(14-17)25-22(30)16-10-12-27(13-11-16)23(31)26-18-7-3-2-4-8-18/h2-9,14,16H,10-13,15H2,1H3,(H,24,29)(H,25,30)(H,26,31). The van der Waals surface area contributed by atoms with Crippen LogP contribution in [-0.2, 0) is 14.3 Å². The van der Waals surface area contributed by atoms with Gasteiger partial charge in [-0.25, -0.2) is 4.79 Å². The van der Waals surface area contributed by atoms with Crippen LogP contribution in [0.3, 0.4) is 0 Å². The smallest absolute Gasteiger partial charge is 0.325 e. The average Bonchev–Trinajstić information content (AvgIpc) is 2.83. The van der Waals surface area contributed by atoms with E-state index in [1.165, 1.54) is 7.11 Å². The Labute approximate surface area is 186 Å². The molecule has 32 heavy (non-hydrogen) atoms. The SMILES string of the molecule is COC(=O)CNC(=O)c1cccc(NC(=O)C2CCN(C(=O)Nc3ccccc3)CC2)c1. The van der Waals surface area contributed by atoms with Crippen LogP contribution in [0.5, 0.6) is 0 Å². The van der Waals surface area contributed by atoms with Crippen molar-refractivity contribution in [1.82, 2.24) is 10.2 Å². The van der Waals surface area contributed by atoms with Gasteiger partial charge in [-0.05, 0) is 43.2 Å². The van der Waals surface area contributed by atoms with Gasteiger partial charge >= 0.3 is 12.0 Å². The molecule has 0 aliphatic carbocycles. The topological polar surface area (TPSA) is 117 Å². The van der Waals surface area contributed by atoms with E-state index in [0.717, 1.165) is 5.69 Å². The van der Waals surface area contributed by atoms with Crippen LogP contribution in [0.1, 0.15) is 23.2 Å². The van der Waals surface area contributed by atoms with E-state index in [-0.39, 0.29) is 24.4 Å². The molecule has 0 saturated carbocycles. The lowest BCUT2D eigenvalue weighted by molar-refractivity contribution is -0.139. The van der Waals surface area contributed by atoms with Gasteiger partial charge < -0.3 is 25.6 Å². The molecule has 9 heteroatoms. The number of carbonyl (C=O) groups is 4. The minimum atomic E-state index is -0.549. The van der Waals surface area contributed by atoms with E-state index in [9.17, 15) is 19.2 Å². The van der Waals surface area contributed by atoms with Crippen LogP contribution < -0.4 is 16.0 Å². The highest BCUT2D eigenvalue weighted by atomic mass is 16.5. The summed E-state index contributed by atoms with van der Waals surface area (Å²) in [6.45, 7) is 0.724. The number of esters is 1. The Balaban J connectivity index is 1.49. The molecule has 0 atom stereocenters. The Morgan fingerprint density at radius 2 is 1.62 bits per heavy atom. The number of rotatable bonds is 6. The molecule has 3 N–H and O–H groups in total. The number of carbonyl (C=O) groups excluding carboxylic acids is 4. The third kappa shape index (κ3) is 6.31. The molecule has 1 heterocycles. The quantitative estimate of drug-likeness (QED) is 0.599. The zero-order chi connectivity index (χ0) is 22.9. The molecule has 0 bridgehead atoms. The summed E-state index contributed by atoms with van der Waals surface area (Å²) in [4.78, 5) is 50.1. The maximum atomic E-state index is 12.7. The first-order valence-corrected chi connectivity index (χ1v) is 10.3. The number of urea groups is 1. The summed E-state index contributed by atoms with van der Waals surface area (Å²) in [5.74, 6) is -1.37. The average molecular weight is 438 g/mol. The van der Waals surface area contributed by atoms with Crippen LogP contribution in [0.25, 0.3) is 0 Å². The van der Waals surface area contributed by atoms with Crippen molar-refractivity contribution in [2.24, 2.45) is 5.92 Å². The lowest BCUT2D eigenvalue weighted by Crippen LogP contribution is -2.43. The van der Waals surface area contributed by atoms with Crippen LogP contribution in [0.15, 0.2) is 54.6 Å². The Morgan fingerprint density at radius 3 is 2.31 bits per heavy atom. The number of hydrogen-bond acceptors (Lipinski definition) is 5. The number of para-hydroxylation sites is 1. The van der Waals surface area contributed by atoms with Gasteiger partial charge in [0, 0.05) is 35.9 Å². The van der Waals surface area contributed by atoms with E-state index < -0.39 is 11.9 Å². The number of benzene rings is 2. The van der Waals surface area contributed by atoms with Crippen molar-refractivity contribution >= 4 is 35.2 Å². The summed E-state index contributed by atoms with van der Waals surface area (Å²) < 4.78 is 4.49. The Kier molecular flexibility index (Phi) is 7.80. The van der Waals surface area contributed by atoms with Crippen LogP contribution in [0, 0.1) is 5.92 Å². The minimum Gasteiger partial charge on any atom is -0.468 e. The van der Waals surface area contributed by atoms with E-state index in [4.69, 9.17) is 0 Å². The lowest BCUT2D eigenvalue weighted by atomic mass is 9.96. The van der Waals surface area contributed by atoms with Gasteiger partial charge in [-0.3, -0.25) is 14.4 Å². The summed E-state index contributed by atoms with van der Waals surface area (Å²) in [5, 5.41) is 8.15.